The van der Waals surface area contributed by atoms with Gasteiger partial charge in [0.25, 0.3) is 5.91 Å². The summed E-state index contributed by atoms with van der Waals surface area (Å²) in [4.78, 5) is 11.9. The summed E-state index contributed by atoms with van der Waals surface area (Å²) in [6.45, 7) is 1.83. The fraction of sp³-hybridized carbons (Fsp3) is 0.0476. The zero-order valence-corrected chi connectivity index (χ0v) is 16.2. The van der Waals surface area contributed by atoms with Crippen LogP contribution in [0.1, 0.15) is 21.5 Å². The van der Waals surface area contributed by atoms with Gasteiger partial charge in [-0.05, 0) is 72.6 Å². The maximum Gasteiger partial charge on any atom is 0.339 e. The lowest BCUT2D eigenvalue weighted by molar-refractivity contribution is 0.0954. The van der Waals surface area contributed by atoms with E-state index in [1.54, 1.807) is 24.3 Å². The first kappa shape index (κ1) is 20.2. The standard InChI is InChI=1S/C21H17FN2O4S/c1-15-4-2-3-5-20(15)21(25)24-23-14-16-6-10-18(11-7-16)28-29(26,27)19-12-8-17(22)9-13-19/h2-14H,1H3,(H,24,25)/b23-14-. The first-order valence-electron chi connectivity index (χ1n) is 8.54. The predicted molar refractivity (Wildman–Crippen MR) is 107 cm³/mol. The topological polar surface area (TPSA) is 84.8 Å². The molecule has 1 amide bonds. The van der Waals surface area contributed by atoms with E-state index in [2.05, 4.69) is 10.5 Å². The van der Waals surface area contributed by atoms with Gasteiger partial charge in [0.15, 0.2) is 0 Å². The number of nitrogens with one attached hydrogen (secondary N) is 1. The van der Waals surface area contributed by atoms with Crippen molar-refractivity contribution in [3.8, 4) is 5.75 Å². The molecule has 6 nitrogen and oxygen atoms in total. The first-order chi connectivity index (χ1) is 13.8. The molecule has 0 aliphatic rings. The van der Waals surface area contributed by atoms with Gasteiger partial charge in [0.2, 0.25) is 0 Å². The maximum atomic E-state index is 12.9. The molecule has 1 N–H and O–H groups in total. The van der Waals surface area contributed by atoms with Gasteiger partial charge < -0.3 is 4.18 Å². The number of rotatable bonds is 6. The second kappa shape index (κ2) is 8.66. The molecule has 0 spiro atoms. The summed E-state index contributed by atoms with van der Waals surface area (Å²) in [5, 5.41) is 3.90. The summed E-state index contributed by atoms with van der Waals surface area (Å²) in [6, 6.07) is 17.5. The van der Waals surface area contributed by atoms with Crippen LogP contribution in [0.5, 0.6) is 5.75 Å². The summed E-state index contributed by atoms with van der Waals surface area (Å²) < 4.78 is 42.3. The van der Waals surface area contributed by atoms with Crippen molar-refractivity contribution in [3.63, 3.8) is 0 Å². The van der Waals surface area contributed by atoms with Crippen LogP contribution in [0.25, 0.3) is 0 Å². The van der Waals surface area contributed by atoms with Gasteiger partial charge in [-0.15, -0.1) is 0 Å². The van der Waals surface area contributed by atoms with E-state index >= 15 is 0 Å². The predicted octanol–water partition coefficient (Wildman–Crippen LogP) is 3.67. The monoisotopic (exact) mass is 412 g/mol. The summed E-state index contributed by atoms with van der Waals surface area (Å²) in [5.74, 6) is -0.776. The normalized spacial score (nSPS) is 11.4. The number of amides is 1. The van der Waals surface area contributed by atoms with Crippen molar-refractivity contribution in [2.75, 3.05) is 0 Å². The zero-order valence-electron chi connectivity index (χ0n) is 15.4. The summed E-state index contributed by atoms with van der Waals surface area (Å²) in [6.07, 6.45) is 1.43. The minimum absolute atomic E-state index is 0.0930. The second-order valence-electron chi connectivity index (χ2n) is 6.07. The van der Waals surface area contributed by atoms with E-state index < -0.39 is 15.9 Å². The smallest absolute Gasteiger partial charge is 0.339 e. The van der Waals surface area contributed by atoms with Crippen molar-refractivity contribution >= 4 is 22.2 Å². The van der Waals surface area contributed by atoms with Gasteiger partial charge in [-0.1, -0.05) is 18.2 Å². The molecule has 0 aliphatic heterocycles. The largest absolute Gasteiger partial charge is 0.379 e. The van der Waals surface area contributed by atoms with Gasteiger partial charge >= 0.3 is 10.1 Å². The number of carbonyl (C=O) groups is 1. The van der Waals surface area contributed by atoms with Crippen LogP contribution in [0.3, 0.4) is 0 Å². The Kier molecular flexibility index (Phi) is 6.04. The Bertz CT molecular complexity index is 1140. The average molecular weight is 412 g/mol. The Morgan fingerprint density at radius 2 is 1.66 bits per heavy atom. The van der Waals surface area contributed by atoms with Crippen LogP contribution in [0.4, 0.5) is 4.39 Å². The van der Waals surface area contributed by atoms with Crippen molar-refractivity contribution < 1.29 is 21.8 Å². The zero-order chi connectivity index (χ0) is 20.9. The lowest BCUT2D eigenvalue weighted by Gasteiger charge is -2.07. The third-order valence-electron chi connectivity index (χ3n) is 3.96. The average Bonchev–Trinajstić information content (AvgIpc) is 2.69. The molecule has 0 saturated heterocycles. The van der Waals surface area contributed by atoms with E-state index in [0.717, 1.165) is 29.8 Å². The van der Waals surface area contributed by atoms with Crippen molar-refractivity contribution in [2.24, 2.45) is 5.10 Å². The number of aryl methyl sites for hydroxylation is 1. The molecule has 0 fully saturated rings. The fourth-order valence-electron chi connectivity index (χ4n) is 2.44. The minimum atomic E-state index is -4.06. The molecular formula is C21H17FN2O4S. The quantitative estimate of drug-likeness (QED) is 0.380. The number of hydrogen-bond donors (Lipinski definition) is 1. The van der Waals surface area contributed by atoms with E-state index in [1.807, 2.05) is 19.1 Å². The summed E-state index contributed by atoms with van der Waals surface area (Å²) in [5.41, 5.74) is 4.43. The van der Waals surface area contributed by atoms with Crippen molar-refractivity contribution in [3.05, 3.63) is 95.3 Å². The maximum absolute atomic E-state index is 12.9. The molecule has 0 bridgehead atoms. The molecule has 29 heavy (non-hydrogen) atoms. The molecule has 8 heteroatoms. The number of benzene rings is 3. The highest BCUT2D eigenvalue weighted by Crippen LogP contribution is 2.19. The van der Waals surface area contributed by atoms with Gasteiger partial charge in [-0.2, -0.15) is 13.5 Å². The summed E-state index contributed by atoms with van der Waals surface area (Å²) >= 11 is 0. The van der Waals surface area contributed by atoms with Gasteiger partial charge in [-0.3, -0.25) is 4.79 Å². The molecule has 3 rings (SSSR count). The Hall–Kier alpha value is -3.52. The Labute approximate surface area is 167 Å². The molecular weight excluding hydrogens is 395 g/mol. The van der Waals surface area contributed by atoms with E-state index in [4.69, 9.17) is 4.18 Å². The van der Waals surface area contributed by atoms with Crippen LogP contribution in [0.2, 0.25) is 0 Å². The highest BCUT2D eigenvalue weighted by Gasteiger charge is 2.16. The van der Waals surface area contributed by atoms with Crippen LogP contribution >= 0.6 is 0 Å². The van der Waals surface area contributed by atoms with Crippen molar-refractivity contribution in [1.29, 1.82) is 0 Å². The lowest BCUT2D eigenvalue weighted by atomic mass is 10.1. The highest BCUT2D eigenvalue weighted by molar-refractivity contribution is 7.87. The van der Waals surface area contributed by atoms with Crippen molar-refractivity contribution in [1.82, 2.24) is 5.43 Å². The van der Waals surface area contributed by atoms with Gasteiger partial charge in [0.05, 0.1) is 6.21 Å². The number of carbonyl (C=O) groups excluding carboxylic acids is 1. The summed E-state index contributed by atoms with van der Waals surface area (Å²) in [7, 11) is -4.06. The second-order valence-corrected chi connectivity index (χ2v) is 7.62. The molecule has 3 aromatic carbocycles. The molecule has 0 saturated carbocycles. The van der Waals surface area contributed by atoms with E-state index in [1.165, 1.54) is 18.3 Å². The van der Waals surface area contributed by atoms with E-state index in [0.29, 0.717) is 11.1 Å². The molecule has 0 unspecified atom stereocenters. The number of hydrogen-bond acceptors (Lipinski definition) is 5. The third-order valence-corrected chi connectivity index (χ3v) is 5.22. The molecule has 0 radical (unpaired) electrons. The van der Waals surface area contributed by atoms with Gasteiger partial charge in [-0.25, -0.2) is 9.82 Å². The highest BCUT2D eigenvalue weighted by atomic mass is 32.2. The first-order valence-corrected chi connectivity index (χ1v) is 9.95. The van der Waals surface area contributed by atoms with Gasteiger partial charge in [0.1, 0.15) is 16.5 Å². The minimum Gasteiger partial charge on any atom is -0.379 e. The van der Waals surface area contributed by atoms with E-state index in [9.17, 15) is 17.6 Å². The fourth-order valence-corrected chi connectivity index (χ4v) is 3.37. The Balaban J connectivity index is 1.63. The number of hydrazone groups is 1. The van der Waals surface area contributed by atoms with Crippen LogP contribution < -0.4 is 9.61 Å². The molecule has 0 heterocycles. The Morgan fingerprint density at radius 1 is 1.00 bits per heavy atom. The molecule has 148 valence electrons. The van der Waals surface area contributed by atoms with Crippen LogP contribution in [-0.4, -0.2) is 20.5 Å². The van der Waals surface area contributed by atoms with Crippen LogP contribution in [-0.2, 0) is 10.1 Å². The van der Waals surface area contributed by atoms with Crippen molar-refractivity contribution in [2.45, 2.75) is 11.8 Å². The van der Waals surface area contributed by atoms with Crippen LogP contribution in [0.15, 0.2) is 82.8 Å². The Morgan fingerprint density at radius 3 is 2.31 bits per heavy atom. The lowest BCUT2D eigenvalue weighted by Crippen LogP contribution is -2.18. The number of halogens is 1. The molecule has 0 aromatic heterocycles. The molecule has 3 aromatic rings. The van der Waals surface area contributed by atoms with E-state index in [-0.39, 0.29) is 16.6 Å². The number of nitrogens with zero attached hydrogens (tertiary/aromatic N) is 1. The van der Waals surface area contributed by atoms with Crippen LogP contribution in [0, 0.1) is 12.7 Å². The van der Waals surface area contributed by atoms with Gasteiger partial charge in [0, 0.05) is 5.56 Å². The SMILES string of the molecule is Cc1ccccc1C(=O)N/N=C\c1ccc(OS(=O)(=O)c2ccc(F)cc2)cc1. The molecule has 0 atom stereocenters. The third kappa shape index (κ3) is 5.26. The molecule has 0 aliphatic carbocycles.